The van der Waals surface area contributed by atoms with E-state index < -0.39 is 6.10 Å². The first-order chi connectivity index (χ1) is 17.4. The number of aryl methyl sites for hydroxylation is 2. The second-order valence-electron chi connectivity index (χ2n) is 9.38. The molecule has 1 aromatic heterocycles. The van der Waals surface area contributed by atoms with Crippen LogP contribution in [0, 0.1) is 13.8 Å². The number of aromatic nitrogens is 2. The van der Waals surface area contributed by atoms with Gasteiger partial charge in [-0.05, 0) is 73.5 Å². The highest BCUT2D eigenvalue weighted by atomic mass is 16.5. The Balaban J connectivity index is 1.36. The van der Waals surface area contributed by atoms with Crippen molar-refractivity contribution in [3.8, 4) is 11.5 Å². The van der Waals surface area contributed by atoms with Crippen LogP contribution < -0.4 is 14.4 Å². The fourth-order valence-electron chi connectivity index (χ4n) is 4.75. The first-order valence-corrected chi connectivity index (χ1v) is 12.2. The summed E-state index contributed by atoms with van der Waals surface area (Å²) in [5.74, 6) is 2.28. The molecule has 2 heterocycles. The average molecular weight is 486 g/mol. The van der Waals surface area contributed by atoms with Gasteiger partial charge in [-0.2, -0.15) is 0 Å². The van der Waals surface area contributed by atoms with E-state index in [2.05, 4.69) is 6.92 Å². The summed E-state index contributed by atoms with van der Waals surface area (Å²) < 4.78 is 13.2. The van der Waals surface area contributed by atoms with E-state index in [1.165, 1.54) is 5.56 Å². The van der Waals surface area contributed by atoms with Gasteiger partial charge in [-0.1, -0.05) is 18.2 Å². The Morgan fingerprint density at radius 3 is 2.53 bits per heavy atom. The molecule has 1 N–H and O–H groups in total. The van der Waals surface area contributed by atoms with Gasteiger partial charge in [0.05, 0.1) is 24.7 Å². The molecule has 1 fully saturated rings. The summed E-state index contributed by atoms with van der Waals surface area (Å²) in [4.78, 5) is 19.6. The summed E-state index contributed by atoms with van der Waals surface area (Å²) in [6, 6.07) is 21.3. The molecule has 3 aromatic carbocycles. The smallest absolute Gasteiger partial charge is 0.227 e. The highest BCUT2D eigenvalue weighted by Gasteiger charge is 2.35. The Hall–Kier alpha value is -3.84. The minimum absolute atomic E-state index is 0.0578. The van der Waals surface area contributed by atoms with E-state index in [1.54, 1.807) is 12.0 Å². The SMILES string of the molecule is COc1ccc(N2C[C@H](c3nc4ccccc4n3C[C@H](O)COc3ccc(C)c(C)c3)CC2=O)cc1. The normalized spacial score (nSPS) is 16.5. The maximum Gasteiger partial charge on any atom is 0.227 e. The number of rotatable bonds is 8. The molecule has 7 heteroatoms. The van der Waals surface area contributed by atoms with Crippen molar-refractivity contribution in [1.82, 2.24) is 9.55 Å². The number of hydrogen-bond acceptors (Lipinski definition) is 5. The number of amides is 1. The number of ether oxygens (including phenoxy) is 2. The van der Waals surface area contributed by atoms with Gasteiger partial charge in [0.1, 0.15) is 30.0 Å². The summed E-state index contributed by atoms with van der Waals surface area (Å²) in [7, 11) is 1.62. The van der Waals surface area contributed by atoms with Crippen LogP contribution in [0.4, 0.5) is 5.69 Å². The number of carbonyl (C=O) groups is 1. The maximum absolute atomic E-state index is 13.0. The molecule has 1 aliphatic rings. The minimum Gasteiger partial charge on any atom is -0.497 e. The third-order valence-corrected chi connectivity index (χ3v) is 6.87. The third kappa shape index (κ3) is 4.79. The molecule has 2 atom stereocenters. The average Bonchev–Trinajstić information content (AvgIpc) is 3.45. The predicted molar refractivity (Wildman–Crippen MR) is 140 cm³/mol. The molecule has 1 aliphatic heterocycles. The second-order valence-corrected chi connectivity index (χ2v) is 9.38. The lowest BCUT2D eigenvalue weighted by Crippen LogP contribution is -2.26. The molecule has 0 radical (unpaired) electrons. The lowest BCUT2D eigenvalue weighted by atomic mass is 10.1. The molecule has 36 heavy (non-hydrogen) atoms. The minimum atomic E-state index is -0.738. The number of carbonyl (C=O) groups excluding carboxylic acids is 1. The summed E-state index contributed by atoms with van der Waals surface area (Å²) in [6.07, 6.45) is -0.373. The van der Waals surface area contributed by atoms with Crippen molar-refractivity contribution < 1.29 is 19.4 Å². The Morgan fingerprint density at radius 2 is 1.78 bits per heavy atom. The van der Waals surface area contributed by atoms with Crippen LogP contribution in [-0.4, -0.2) is 46.9 Å². The number of hydrogen-bond donors (Lipinski definition) is 1. The summed E-state index contributed by atoms with van der Waals surface area (Å²) >= 11 is 0. The highest BCUT2D eigenvalue weighted by molar-refractivity contribution is 5.96. The van der Waals surface area contributed by atoms with Crippen molar-refractivity contribution in [1.29, 1.82) is 0 Å². The van der Waals surface area contributed by atoms with E-state index in [1.807, 2.05) is 78.2 Å². The Morgan fingerprint density at radius 1 is 1.03 bits per heavy atom. The standard InChI is InChI=1S/C29H31N3O4/c1-19-8-11-25(14-20(19)2)36-18-23(33)17-32-27-7-5-4-6-26(27)30-29(32)21-15-28(34)31(16-21)22-9-12-24(35-3)13-10-22/h4-14,21,23,33H,15-18H2,1-3H3/t21-,23+/m1/s1. The molecular formula is C29H31N3O4. The molecule has 4 aromatic rings. The van der Waals surface area contributed by atoms with Crippen molar-refractivity contribution in [2.75, 3.05) is 25.2 Å². The van der Waals surface area contributed by atoms with Gasteiger partial charge in [-0.3, -0.25) is 4.79 Å². The number of benzene rings is 3. The van der Waals surface area contributed by atoms with E-state index in [4.69, 9.17) is 14.5 Å². The number of aliphatic hydroxyl groups is 1. The second kappa shape index (κ2) is 10.0. The first-order valence-electron chi connectivity index (χ1n) is 12.2. The first kappa shape index (κ1) is 23.9. The molecule has 0 saturated carbocycles. The van der Waals surface area contributed by atoms with Crippen LogP contribution in [-0.2, 0) is 11.3 Å². The van der Waals surface area contributed by atoms with E-state index in [0.717, 1.165) is 39.6 Å². The van der Waals surface area contributed by atoms with E-state index >= 15 is 0 Å². The van der Waals surface area contributed by atoms with Crippen molar-refractivity contribution >= 4 is 22.6 Å². The third-order valence-electron chi connectivity index (χ3n) is 6.87. The van der Waals surface area contributed by atoms with Gasteiger partial charge in [0.25, 0.3) is 0 Å². The number of anilines is 1. The monoisotopic (exact) mass is 485 g/mol. The van der Waals surface area contributed by atoms with Crippen LogP contribution in [0.5, 0.6) is 11.5 Å². The molecular weight excluding hydrogens is 454 g/mol. The van der Waals surface area contributed by atoms with Crippen LogP contribution in [0.1, 0.15) is 29.3 Å². The molecule has 0 bridgehead atoms. The van der Waals surface area contributed by atoms with Gasteiger partial charge in [-0.15, -0.1) is 0 Å². The molecule has 0 aliphatic carbocycles. The van der Waals surface area contributed by atoms with E-state index in [0.29, 0.717) is 19.5 Å². The number of para-hydroxylation sites is 2. The largest absolute Gasteiger partial charge is 0.497 e. The molecule has 186 valence electrons. The zero-order chi connectivity index (χ0) is 25.2. The van der Waals surface area contributed by atoms with Crippen molar-refractivity contribution in [2.45, 2.75) is 38.8 Å². The van der Waals surface area contributed by atoms with Crippen molar-refractivity contribution in [3.63, 3.8) is 0 Å². The van der Waals surface area contributed by atoms with Crippen molar-refractivity contribution in [3.05, 3.63) is 83.7 Å². The number of nitrogens with zero attached hydrogens (tertiary/aromatic N) is 3. The summed E-state index contributed by atoms with van der Waals surface area (Å²) in [5.41, 5.74) is 4.98. The van der Waals surface area contributed by atoms with Gasteiger partial charge in [0, 0.05) is 24.6 Å². The molecule has 7 nitrogen and oxygen atoms in total. The van der Waals surface area contributed by atoms with Gasteiger partial charge in [0.2, 0.25) is 5.91 Å². The lowest BCUT2D eigenvalue weighted by molar-refractivity contribution is -0.117. The topological polar surface area (TPSA) is 76.8 Å². The van der Waals surface area contributed by atoms with Gasteiger partial charge < -0.3 is 24.0 Å². The number of methoxy groups -OCH3 is 1. The Bertz CT molecular complexity index is 1380. The molecule has 5 rings (SSSR count). The quantitative estimate of drug-likeness (QED) is 0.394. The molecule has 1 saturated heterocycles. The fourth-order valence-corrected chi connectivity index (χ4v) is 4.75. The van der Waals surface area contributed by atoms with E-state index in [-0.39, 0.29) is 18.4 Å². The zero-order valence-corrected chi connectivity index (χ0v) is 20.8. The Labute approximate surface area is 210 Å². The van der Waals surface area contributed by atoms with Crippen LogP contribution in [0.15, 0.2) is 66.7 Å². The Kier molecular flexibility index (Phi) is 6.65. The van der Waals surface area contributed by atoms with E-state index in [9.17, 15) is 9.90 Å². The molecule has 0 spiro atoms. The maximum atomic E-state index is 13.0. The molecule has 1 amide bonds. The van der Waals surface area contributed by atoms with Crippen LogP contribution in [0.2, 0.25) is 0 Å². The van der Waals surface area contributed by atoms with Crippen LogP contribution in [0.3, 0.4) is 0 Å². The van der Waals surface area contributed by atoms with Gasteiger partial charge in [0.15, 0.2) is 0 Å². The number of aliphatic hydroxyl groups excluding tert-OH is 1. The van der Waals surface area contributed by atoms with Crippen molar-refractivity contribution in [2.24, 2.45) is 0 Å². The summed E-state index contributed by atoms with van der Waals surface area (Å²) in [6.45, 7) is 5.12. The van der Waals surface area contributed by atoms with Gasteiger partial charge >= 0.3 is 0 Å². The number of imidazole rings is 1. The van der Waals surface area contributed by atoms with Crippen LogP contribution in [0.25, 0.3) is 11.0 Å². The highest BCUT2D eigenvalue weighted by Crippen LogP contribution is 2.34. The predicted octanol–water partition coefficient (Wildman–Crippen LogP) is 4.62. The zero-order valence-electron chi connectivity index (χ0n) is 20.8. The fraction of sp³-hybridized carbons (Fsp3) is 0.310. The summed E-state index contributed by atoms with van der Waals surface area (Å²) in [5, 5.41) is 10.9. The number of fused-ring (bicyclic) bond motifs is 1. The lowest BCUT2D eigenvalue weighted by Gasteiger charge is -2.19. The van der Waals surface area contributed by atoms with Crippen LogP contribution >= 0.6 is 0 Å². The van der Waals surface area contributed by atoms with Gasteiger partial charge in [-0.25, -0.2) is 4.98 Å². The molecule has 0 unspecified atom stereocenters.